The quantitative estimate of drug-likeness (QED) is 0.613. The van der Waals surface area contributed by atoms with Gasteiger partial charge in [0.2, 0.25) is 0 Å². The molecule has 110 valence electrons. The number of oxime groups is 1. The second-order valence-electron chi connectivity index (χ2n) is 5.20. The molecule has 0 saturated carbocycles. The molecule has 2 aliphatic rings. The molecule has 1 aromatic carbocycles. The SMILES string of the molecule is CON=C1C(=O)N(C)c2c1cc([N+](=O)[O-])c1c2CCCC1. The molecule has 1 aliphatic carbocycles. The standard InChI is InChI=1S/C14H15N3O4/c1-16-13-9-6-4-3-5-8(9)11(17(19)20)7-10(13)12(14(16)18)15-21-2/h7H,3-6H2,1-2H3. The van der Waals surface area contributed by atoms with Crippen molar-refractivity contribution in [2.45, 2.75) is 25.7 Å². The first kappa shape index (κ1) is 13.5. The monoisotopic (exact) mass is 289 g/mol. The molecule has 21 heavy (non-hydrogen) atoms. The molecular formula is C14H15N3O4. The molecule has 7 nitrogen and oxygen atoms in total. The van der Waals surface area contributed by atoms with Crippen molar-refractivity contribution >= 4 is 23.0 Å². The van der Waals surface area contributed by atoms with Gasteiger partial charge in [-0.1, -0.05) is 5.16 Å². The van der Waals surface area contributed by atoms with Crippen LogP contribution in [0.4, 0.5) is 11.4 Å². The Kier molecular flexibility index (Phi) is 3.12. The molecule has 0 N–H and O–H groups in total. The van der Waals surface area contributed by atoms with E-state index < -0.39 is 0 Å². The van der Waals surface area contributed by atoms with E-state index in [1.807, 2.05) is 0 Å². The molecule has 0 radical (unpaired) electrons. The number of nitro benzene ring substituents is 1. The first-order valence-corrected chi connectivity index (χ1v) is 6.79. The third-order valence-electron chi connectivity index (χ3n) is 4.08. The number of likely N-dealkylation sites (N-methyl/N-ethyl adjacent to an activating group) is 1. The van der Waals surface area contributed by atoms with Crippen molar-refractivity contribution in [3.8, 4) is 0 Å². The molecular weight excluding hydrogens is 274 g/mol. The van der Waals surface area contributed by atoms with Crippen molar-refractivity contribution in [3.63, 3.8) is 0 Å². The molecule has 0 spiro atoms. The Hall–Kier alpha value is -2.44. The summed E-state index contributed by atoms with van der Waals surface area (Å²) in [4.78, 5) is 29.5. The van der Waals surface area contributed by atoms with Crippen LogP contribution in [0.15, 0.2) is 11.2 Å². The van der Waals surface area contributed by atoms with E-state index in [4.69, 9.17) is 4.84 Å². The normalized spacial score (nSPS) is 18.7. The summed E-state index contributed by atoms with van der Waals surface area (Å²) in [7, 11) is 3.02. The molecule has 1 aliphatic heterocycles. The fourth-order valence-corrected chi connectivity index (χ4v) is 3.19. The van der Waals surface area contributed by atoms with E-state index in [0.717, 1.165) is 36.1 Å². The molecule has 7 heteroatoms. The van der Waals surface area contributed by atoms with Crippen molar-refractivity contribution in [2.75, 3.05) is 19.1 Å². The summed E-state index contributed by atoms with van der Waals surface area (Å²) in [5.41, 5.74) is 3.11. The van der Waals surface area contributed by atoms with E-state index in [0.29, 0.717) is 12.0 Å². The summed E-state index contributed by atoms with van der Waals surface area (Å²) in [6.45, 7) is 0. The maximum atomic E-state index is 12.3. The summed E-state index contributed by atoms with van der Waals surface area (Å²) in [6, 6.07) is 1.46. The van der Waals surface area contributed by atoms with Crippen LogP contribution in [-0.2, 0) is 22.5 Å². The van der Waals surface area contributed by atoms with Gasteiger partial charge in [0.25, 0.3) is 11.6 Å². The third kappa shape index (κ3) is 1.88. The summed E-state index contributed by atoms with van der Waals surface area (Å²) in [5, 5.41) is 15.1. The number of benzene rings is 1. The lowest BCUT2D eigenvalue weighted by atomic mass is 9.87. The molecule has 1 aromatic rings. The number of rotatable bonds is 2. The van der Waals surface area contributed by atoms with Crippen LogP contribution >= 0.6 is 0 Å². The molecule has 0 atom stereocenters. The number of hydrogen-bond acceptors (Lipinski definition) is 5. The van der Waals surface area contributed by atoms with Gasteiger partial charge < -0.3 is 9.74 Å². The molecule has 0 aromatic heterocycles. The zero-order valence-corrected chi connectivity index (χ0v) is 11.9. The van der Waals surface area contributed by atoms with Crippen LogP contribution in [0.1, 0.15) is 29.5 Å². The minimum absolute atomic E-state index is 0.0790. The van der Waals surface area contributed by atoms with Gasteiger partial charge in [-0.3, -0.25) is 14.9 Å². The number of amides is 1. The Morgan fingerprint density at radius 3 is 2.62 bits per heavy atom. The lowest BCUT2D eigenvalue weighted by Crippen LogP contribution is -2.26. The van der Waals surface area contributed by atoms with Crippen molar-refractivity contribution in [3.05, 3.63) is 32.9 Å². The van der Waals surface area contributed by atoms with Crippen LogP contribution in [0.2, 0.25) is 0 Å². The highest BCUT2D eigenvalue weighted by Gasteiger charge is 2.38. The highest BCUT2D eigenvalue weighted by atomic mass is 16.6. The fourth-order valence-electron chi connectivity index (χ4n) is 3.19. The predicted octanol–water partition coefficient (Wildman–Crippen LogP) is 1.80. The predicted molar refractivity (Wildman–Crippen MR) is 76.7 cm³/mol. The van der Waals surface area contributed by atoms with Crippen LogP contribution in [0.3, 0.4) is 0 Å². The molecule has 0 saturated heterocycles. The maximum absolute atomic E-state index is 12.3. The minimum Gasteiger partial charge on any atom is -0.398 e. The summed E-state index contributed by atoms with van der Waals surface area (Å²) in [5.74, 6) is -0.292. The number of carbonyl (C=O) groups is 1. The topological polar surface area (TPSA) is 85.0 Å². The van der Waals surface area contributed by atoms with Gasteiger partial charge in [0.1, 0.15) is 7.11 Å². The second kappa shape index (κ2) is 4.83. The Labute approximate surface area is 121 Å². The Balaban J connectivity index is 2.32. The fraction of sp³-hybridized carbons (Fsp3) is 0.429. The van der Waals surface area contributed by atoms with Gasteiger partial charge in [0, 0.05) is 24.2 Å². The van der Waals surface area contributed by atoms with Gasteiger partial charge in [-0.15, -0.1) is 0 Å². The number of fused-ring (bicyclic) bond motifs is 3. The Morgan fingerprint density at radius 2 is 2.00 bits per heavy atom. The van der Waals surface area contributed by atoms with Crippen molar-refractivity contribution in [2.24, 2.45) is 5.16 Å². The molecule has 0 fully saturated rings. The number of nitrogens with zero attached hydrogens (tertiary/aromatic N) is 3. The van der Waals surface area contributed by atoms with Gasteiger partial charge >= 0.3 is 0 Å². The van der Waals surface area contributed by atoms with E-state index in [9.17, 15) is 14.9 Å². The van der Waals surface area contributed by atoms with E-state index in [1.165, 1.54) is 18.1 Å². The zero-order chi connectivity index (χ0) is 15.1. The summed E-state index contributed by atoms with van der Waals surface area (Å²) in [6.07, 6.45) is 3.33. The maximum Gasteiger partial charge on any atom is 0.280 e. The first-order valence-electron chi connectivity index (χ1n) is 6.79. The minimum atomic E-state index is -0.377. The van der Waals surface area contributed by atoms with Gasteiger partial charge in [-0.25, -0.2) is 0 Å². The van der Waals surface area contributed by atoms with Crippen LogP contribution in [-0.4, -0.2) is 30.7 Å². The molecule has 1 amide bonds. The number of hydrogen-bond donors (Lipinski definition) is 0. The van der Waals surface area contributed by atoms with Gasteiger partial charge in [-0.2, -0.15) is 0 Å². The van der Waals surface area contributed by atoms with Crippen LogP contribution in [0.25, 0.3) is 0 Å². The number of anilines is 1. The van der Waals surface area contributed by atoms with Gasteiger partial charge in [-0.05, 0) is 31.2 Å². The smallest absolute Gasteiger partial charge is 0.280 e. The van der Waals surface area contributed by atoms with E-state index in [2.05, 4.69) is 5.16 Å². The van der Waals surface area contributed by atoms with Crippen LogP contribution in [0.5, 0.6) is 0 Å². The zero-order valence-electron chi connectivity index (χ0n) is 11.9. The molecule has 0 bridgehead atoms. The highest BCUT2D eigenvalue weighted by Crippen LogP contribution is 2.42. The van der Waals surface area contributed by atoms with Crippen molar-refractivity contribution in [1.29, 1.82) is 0 Å². The van der Waals surface area contributed by atoms with Crippen molar-refractivity contribution in [1.82, 2.24) is 0 Å². The van der Waals surface area contributed by atoms with E-state index in [-0.39, 0.29) is 22.2 Å². The van der Waals surface area contributed by atoms with E-state index in [1.54, 1.807) is 7.05 Å². The number of carbonyl (C=O) groups excluding carboxylic acids is 1. The van der Waals surface area contributed by atoms with Crippen LogP contribution in [0, 0.1) is 10.1 Å². The Bertz CT molecular complexity index is 681. The first-order chi connectivity index (χ1) is 10.1. The number of nitro groups is 1. The Morgan fingerprint density at radius 1 is 1.33 bits per heavy atom. The second-order valence-corrected chi connectivity index (χ2v) is 5.20. The van der Waals surface area contributed by atoms with E-state index >= 15 is 0 Å². The molecule has 0 unspecified atom stereocenters. The van der Waals surface area contributed by atoms with Crippen molar-refractivity contribution < 1.29 is 14.6 Å². The van der Waals surface area contributed by atoms with Crippen LogP contribution < -0.4 is 4.90 Å². The summed E-state index contributed by atoms with van der Waals surface area (Å²) >= 11 is 0. The lowest BCUT2D eigenvalue weighted by molar-refractivity contribution is -0.385. The average molecular weight is 289 g/mol. The molecule has 1 heterocycles. The highest BCUT2D eigenvalue weighted by molar-refractivity contribution is 6.54. The van der Waals surface area contributed by atoms with Gasteiger partial charge in [0.05, 0.1) is 10.6 Å². The molecule has 3 rings (SSSR count). The largest absolute Gasteiger partial charge is 0.398 e. The van der Waals surface area contributed by atoms with Gasteiger partial charge in [0.15, 0.2) is 5.71 Å². The lowest BCUT2D eigenvalue weighted by Gasteiger charge is -2.21. The summed E-state index contributed by atoms with van der Waals surface area (Å²) < 4.78 is 0. The average Bonchev–Trinajstić information content (AvgIpc) is 2.72. The third-order valence-corrected chi connectivity index (χ3v) is 4.08.